The van der Waals surface area contributed by atoms with Gasteiger partial charge in [-0.2, -0.15) is 5.10 Å². The van der Waals surface area contributed by atoms with E-state index in [1.54, 1.807) is 30.5 Å². The van der Waals surface area contributed by atoms with Crippen molar-refractivity contribution in [1.82, 2.24) is 15.1 Å². The molecule has 2 aromatic rings. The molecule has 1 aliphatic rings. The molecule has 4 nitrogen and oxygen atoms in total. The Kier molecular flexibility index (Phi) is 3.74. The highest BCUT2D eigenvalue weighted by Gasteiger charge is 2.29. The first kappa shape index (κ1) is 13.2. The fraction of sp³-hybridized carbons (Fsp3) is 0.333. The van der Waals surface area contributed by atoms with Gasteiger partial charge in [0, 0.05) is 28.9 Å². The zero-order valence-electron chi connectivity index (χ0n) is 11.1. The summed E-state index contributed by atoms with van der Waals surface area (Å²) >= 11 is 5.87. The van der Waals surface area contributed by atoms with Crippen LogP contribution in [0.3, 0.4) is 0 Å². The minimum Gasteiger partial charge on any atom is -0.331 e. The van der Waals surface area contributed by atoms with Crippen LogP contribution in [-0.4, -0.2) is 27.5 Å². The number of carbonyl (C=O) groups excluding carboxylic acids is 1. The number of hydrogen-bond acceptors (Lipinski definition) is 2. The van der Waals surface area contributed by atoms with Gasteiger partial charge in [-0.25, -0.2) is 0 Å². The highest BCUT2D eigenvalue weighted by atomic mass is 35.5. The van der Waals surface area contributed by atoms with Crippen LogP contribution in [0.1, 0.15) is 41.2 Å². The molecule has 1 atom stereocenters. The molecular weight excluding hydrogens is 274 g/mol. The Bertz CT molecular complexity index is 580. The van der Waals surface area contributed by atoms with Crippen molar-refractivity contribution in [2.24, 2.45) is 0 Å². The fourth-order valence-corrected chi connectivity index (χ4v) is 2.85. The van der Waals surface area contributed by atoms with Gasteiger partial charge in [0.15, 0.2) is 0 Å². The molecular formula is C15H16ClN3O. The summed E-state index contributed by atoms with van der Waals surface area (Å²) in [4.78, 5) is 14.6. The van der Waals surface area contributed by atoms with Crippen LogP contribution in [0, 0.1) is 0 Å². The molecule has 1 fully saturated rings. The largest absolute Gasteiger partial charge is 0.331 e. The number of aromatic nitrogens is 2. The van der Waals surface area contributed by atoms with Gasteiger partial charge < -0.3 is 4.90 Å². The molecule has 1 aromatic heterocycles. The van der Waals surface area contributed by atoms with Crippen LogP contribution in [-0.2, 0) is 0 Å². The van der Waals surface area contributed by atoms with Crippen LogP contribution >= 0.6 is 11.6 Å². The molecule has 20 heavy (non-hydrogen) atoms. The topological polar surface area (TPSA) is 49.0 Å². The molecule has 0 aliphatic carbocycles. The first-order valence-corrected chi connectivity index (χ1v) is 7.19. The van der Waals surface area contributed by atoms with Gasteiger partial charge in [-0.3, -0.25) is 9.89 Å². The van der Waals surface area contributed by atoms with Gasteiger partial charge in [0.25, 0.3) is 5.91 Å². The first-order chi connectivity index (χ1) is 9.75. The maximum absolute atomic E-state index is 12.7. The number of halogens is 1. The van der Waals surface area contributed by atoms with Crippen LogP contribution in [0.2, 0.25) is 5.02 Å². The van der Waals surface area contributed by atoms with Gasteiger partial charge in [-0.1, -0.05) is 11.6 Å². The van der Waals surface area contributed by atoms with Gasteiger partial charge >= 0.3 is 0 Å². The monoisotopic (exact) mass is 289 g/mol. The molecule has 1 N–H and O–H groups in total. The van der Waals surface area contributed by atoms with E-state index in [1.165, 1.54) is 0 Å². The van der Waals surface area contributed by atoms with Gasteiger partial charge in [-0.15, -0.1) is 0 Å². The molecule has 0 bridgehead atoms. The van der Waals surface area contributed by atoms with E-state index in [4.69, 9.17) is 11.6 Å². The third-order valence-corrected chi connectivity index (χ3v) is 4.01. The van der Waals surface area contributed by atoms with Crippen molar-refractivity contribution in [3.8, 4) is 0 Å². The minimum absolute atomic E-state index is 0.0626. The van der Waals surface area contributed by atoms with Gasteiger partial charge in [0.1, 0.15) is 0 Å². The van der Waals surface area contributed by atoms with E-state index < -0.39 is 0 Å². The van der Waals surface area contributed by atoms with E-state index in [0.717, 1.165) is 31.4 Å². The van der Waals surface area contributed by atoms with E-state index in [2.05, 4.69) is 10.2 Å². The number of nitrogens with zero attached hydrogens (tertiary/aromatic N) is 2. The Labute approximate surface area is 122 Å². The van der Waals surface area contributed by atoms with E-state index >= 15 is 0 Å². The Morgan fingerprint density at radius 1 is 1.30 bits per heavy atom. The summed E-state index contributed by atoms with van der Waals surface area (Å²) in [5.74, 6) is 0.0626. The molecule has 2 heterocycles. The molecule has 0 spiro atoms. The maximum atomic E-state index is 12.7. The van der Waals surface area contributed by atoms with Crippen LogP contribution < -0.4 is 0 Å². The fourth-order valence-electron chi connectivity index (χ4n) is 2.72. The number of carbonyl (C=O) groups is 1. The Morgan fingerprint density at radius 3 is 2.80 bits per heavy atom. The molecule has 0 radical (unpaired) electrons. The number of nitrogens with one attached hydrogen (secondary N) is 1. The standard InChI is InChI=1S/C15H16ClN3O/c16-13-6-4-11(5-7-13)15(20)19-8-2-1-3-14(19)12-9-17-18-10-12/h4-7,9-10,14H,1-3,8H2,(H,17,18). The normalized spacial score (nSPS) is 19.1. The van der Waals surface area contributed by atoms with E-state index in [1.807, 2.05) is 11.1 Å². The second-order valence-corrected chi connectivity index (χ2v) is 5.49. The number of amides is 1. The number of rotatable bonds is 2. The smallest absolute Gasteiger partial charge is 0.254 e. The van der Waals surface area contributed by atoms with Crippen molar-refractivity contribution in [2.75, 3.05) is 6.54 Å². The molecule has 0 saturated carbocycles. The van der Waals surface area contributed by atoms with Gasteiger partial charge in [0.2, 0.25) is 0 Å². The number of benzene rings is 1. The number of likely N-dealkylation sites (tertiary alicyclic amines) is 1. The number of H-pyrrole nitrogens is 1. The van der Waals surface area contributed by atoms with Gasteiger partial charge in [-0.05, 0) is 43.5 Å². The zero-order valence-corrected chi connectivity index (χ0v) is 11.8. The van der Waals surface area contributed by atoms with Crippen molar-refractivity contribution >= 4 is 17.5 Å². The minimum atomic E-state index is 0.0626. The van der Waals surface area contributed by atoms with Gasteiger partial charge in [0.05, 0.1) is 12.2 Å². The average molecular weight is 290 g/mol. The molecule has 3 rings (SSSR count). The van der Waals surface area contributed by atoms with Crippen LogP contribution in [0.5, 0.6) is 0 Å². The molecule has 1 amide bonds. The second kappa shape index (κ2) is 5.67. The molecule has 104 valence electrons. The summed E-state index contributed by atoms with van der Waals surface area (Å²) < 4.78 is 0. The number of piperidine rings is 1. The predicted octanol–water partition coefficient (Wildman–Crippen LogP) is 3.43. The Morgan fingerprint density at radius 2 is 2.10 bits per heavy atom. The lowest BCUT2D eigenvalue weighted by Crippen LogP contribution is -2.38. The SMILES string of the molecule is O=C(c1ccc(Cl)cc1)N1CCCCC1c1cn[nH]c1. The average Bonchev–Trinajstić information content (AvgIpc) is 3.01. The zero-order chi connectivity index (χ0) is 13.9. The lowest BCUT2D eigenvalue weighted by molar-refractivity contribution is 0.0611. The lowest BCUT2D eigenvalue weighted by atomic mass is 9.96. The summed E-state index contributed by atoms with van der Waals surface area (Å²) in [6.07, 6.45) is 6.85. The molecule has 1 aromatic carbocycles. The van der Waals surface area contributed by atoms with Crippen molar-refractivity contribution < 1.29 is 4.79 Å². The summed E-state index contributed by atoms with van der Waals surface area (Å²) in [5, 5.41) is 7.47. The van der Waals surface area contributed by atoms with Crippen molar-refractivity contribution in [2.45, 2.75) is 25.3 Å². The van der Waals surface area contributed by atoms with E-state index in [0.29, 0.717) is 10.6 Å². The highest BCUT2D eigenvalue weighted by Crippen LogP contribution is 2.31. The van der Waals surface area contributed by atoms with Crippen molar-refractivity contribution in [3.05, 3.63) is 52.8 Å². The molecule has 1 saturated heterocycles. The predicted molar refractivity (Wildman–Crippen MR) is 77.7 cm³/mol. The van der Waals surface area contributed by atoms with Crippen molar-refractivity contribution in [3.63, 3.8) is 0 Å². The van der Waals surface area contributed by atoms with Crippen molar-refractivity contribution in [1.29, 1.82) is 0 Å². The lowest BCUT2D eigenvalue weighted by Gasteiger charge is -2.35. The van der Waals surface area contributed by atoms with E-state index in [-0.39, 0.29) is 11.9 Å². The third kappa shape index (κ3) is 2.56. The van der Waals surface area contributed by atoms with Crippen LogP contribution in [0.15, 0.2) is 36.7 Å². The third-order valence-electron chi connectivity index (χ3n) is 3.76. The maximum Gasteiger partial charge on any atom is 0.254 e. The summed E-state index contributed by atoms with van der Waals surface area (Å²) in [6.45, 7) is 0.789. The summed E-state index contributed by atoms with van der Waals surface area (Å²) in [6, 6.07) is 7.19. The molecule has 1 unspecified atom stereocenters. The summed E-state index contributed by atoms with van der Waals surface area (Å²) in [7, 11) is 0. The first-order valence-electron chi connectivity index (χ1n) is 6.81. The quantitative estimate of drug-likeness (QED) is 0.921. The molecule has 5 heteroatoms. The van der Waals surface area contributed by atoms with E-state index in [9.17, 15) is 4.79 Å². The number of aromatic amines is 1. The molecule has 1 aliphatic heterocycles. The van der Waals surface area contributed by atoms with Crippen LogP contribution in [0.4, 0.5) is 0 Å². The summed E-state index contributed by atoms with van der Waals surface area (Å²) in [5.41, 5.74) is 1.76. The van der Waals surface area contributed by atoms with Crippen LogP contribution in [0.25, 0.3) is 0 Å². The Hall–Kier alpha value is -1.81. The second-order valence-electron chi connectivity index (χ2n) is 5.05. The number of hydrogen-bond donors (Lipinski definition) is 1. The highest BCUT2D eigenvalue weighted by molar-refractivity contribution is 6.30. The Balaban J connectivity index is 1.86.